The van der Waals surface area contributed by atoms with E-state index in [1.165, 1.54) is 4.31 Å². The Labute approximate surface area is 106 Å². The van der Waals surface area contributed by atoms with Crippen molar-refractivity contribution in [2.45, 2.75) is 11.8 Å². The molecule has 1 aliphatic rings. The summed E-state index contributed by atoms with van der Waals surface area (Å²) in [6.45, 7) is 2.25. The monoisotopic (exact) mass is 269 g/mol. The number of hydrogen-bond donors (Lipinski definition) is 2. The predicted octanol–water partition coefficient (Wildman–Crippen LogP) is -0.395. The fourth-order valence-electron chi connectivity index (χ4n) is 1.78. The van der Waals surface area contributed by atoms with Crippen LogP contribution in [0.5, 0.6) is 0 Å². The minimum atomic E-state index is -3.48. The number of carbonyl (C=O) groups is 1. The van der Waals surface area contributed by atoms with E-state index in [9.17, 15) is 13.2 Å². The molecule has 1 heterocycles. The molecule has 2 rings (SSSR count). The summed E-state index contributed by atoms with van der Waals surface area (Å²) >= 11 is 0. The number of carbonyl (C=O) groups excluding carboxylic acids is 1. The summed E-state index contributed by atoms with van der Waals surface area (Å²) in [4.78, 5) is 11.4. The first-order valence-electron chi connectivity index (χ1n) is 5.52. The summed E-state index contributed by atoms with van der Waals surface area (Å²) in [6.07, 6.45) is 0. The predicted molar refractivity (Wildman–Crippen MR) is 65.8 cm³/mol. The molecule has 98 valence electrons. The smallest absolute Gasteiger partial charge is 0.243 e. The van der Waals surface area contributed by atoms with Crippen molar-refractivity contribution in [3.05, 3.63) is 29.8 Å². The van der Waals surface area contributed by atoms with Crippen LogP contribution in [0, 0.1) is 12.8 Å². The molecule has 0 radical (unpaired) electrons. The Bertz CT molecular complexity index is 547. The molecule has 1 saturated heterocycles. The Morgan fingerprint density at radius 2 is 1.89 bits per heavy atom. The number of nitrogens with two attached hydrogens (primary N) is 1. The summed E-state index contributed by atoms with van der Waals surface area (Å²) < 4.78 is 25.6. The highest BCUT2D eigenvalue weighted by Crippen LogP contribution is 2.25. The van der Waals surface area contributed by atoms with Gasteiger partial charge in [0.05, 0.1) is 10.8 Å². The van der Waals surface area contributed by atoms with Gasteiger partial charge in [0, 0.05) is 13.1 Å². The number of rotatable bonds is 3. The van der Waals surface area contributed by atoms with Crippen molar-refractivity contribution in [1.82, 2.24) is 9.73 Å². The standard InChI is InChI=1S/C11H15N3O3S/c1-8-2-4-10(5-3-8)18(16,17)14-6-9(7-14)11(15)13-12/h2-5,9H,6-7,12H2,1H3,(H,13,15). The van der Waals surface area contributed by atoms with Gasteiger partial charge in [0.25, 0.3) is 0 Å². The zero-order valence-corrected chi connectivity index (χ0v) is 10.8. The van der Waals surface area contributed by atoms with Crippen LogP contribution in [0.3, 0.4) is 0 Å². The van der Waals surface area contributed by atoms with Crippen molar-refractivity contribution < 1.29 is 13.2 Å². The van der Waals surface area contributed by atoms with Crippen LogP contribution in [0.15, 0.2) is 29.2 Å². The Morgan fingerprint density at radius 3 is 2.39 bits per heavy atom. The lowest BCUT2D eigenvalue weighted by Gasteiger charge is -2.36. The van der Waals surface area contributed by atoms with E-state index < -0.39 is 10.0 Å². The number of sulfonamides is 1. The number of nitrogens with zero attached hydrogens (tertiary/aromatic N) is 1. The molecule has 0 unspecified atom stereocenters. The molecule has 0 aromatic heterocycles. The fourth-order valence-corrected chi connectivity index (χ4v) is 3.31. The molecule has 1 aromatic rings. The minimum Gasteiger partial charge on any atom is -0.294 e. The van der Waals surface area contributed by atoms with Gasteiger partial charge in [-0.05, 0) is 19.1 Å². The highest BCUT2D eigenvalue weighted by atomic mass is 32.2. The van der Waals surface area contributed by atoms with E-state index in [0.29, 0.717) is 0 Å². The van der Waals surface area contributed by atoms with Gasteiger partial charge >= 0.3 is 0 Å². The molecule has 3 N–H and O–H groups in total. The molecule has 0 aliphatic carbocycles. The fraction of sp³-hybridized carbons (Fsp3) is 0.364. The van der Waals surface area contributed by atoms with Gasteiger partial charge < -0.3 is 0 Å². The number of benzene rings is 1. The van der Waals surface area contributed by atoms with Crippen LogP contribution in [0.4, 0.5) is 0 Å². The minimum absolute atomic E-state index is 0.180. The number of hydrazine groups is 1. The number of nitrogens with one attached hydrogen (secondary N) is 1. The zero-order chi connectivity index (χ0) is 13.3. The second-order valence-electron chi connectivity index (χ2n) is 4.34. The number of aryl methyl sites for hydroxylation is 1. The third kappa shape index (κ3) is 2.24. The van der Waals surface area contributed by atoms with Crippen LogP contribution >= 0.6 is 0 Å². The third-order valence-corrected chi connectivity index (χ3v) is 4.87. The van der Waals surface area contributed by atoms with Gasteiger partial charge in [-0.25, -0.2) is 14.3 Å². The lowest BCUT2D eigenvalue weighted by molar-refractivity contribution is -0.128. The van der Waals surface area contributed by atoms with Crippen LogP contribution in [-0.4, -0.2) is 31.7 Å². The normalized spacial score (nSPS) is 17.2. The SMILES string of the molecule is Cc1ccc(S(=O)(=O)N2CC(C(=O)NN)C2)cc1. The molecular weight excluding hydrogens is 254 g/mol. The Kier molecular flexibility index (Phi) is 3.38. The van der Waals surface area contributed by atoms with Gasteiger partial charge in [-0.1, -0.05) is 17.7 Å². The maximum absolute atomic E-state index is 12.1. The summed E-state index contributed by atoms with van der Waals surface area (Å²) in [5, 5.41) is 0. The van der Waals surface area contributed by atoms with Gasteiger partial charge in [-0.2, -0.15) is 4.31 Å². The molecule has 0 bridgehead atoms. The van der Waals surface area contributed by atoms with E-state index in [1.54, 1.807) is 24.3 Å². The summed E-state index contributed by atoms with van der Waals surface area (Å²) in [5.41, 5.74) is 3.02. The second kappa shape index (κ2) is 4.68. The van der Waals surface area contributed by atoms with E-state index in [-0.39, 0.29) is 29.8 Å². The van der Waals surface area contributed by atoms with Gasteiger partial charge in [0.2, 0.25) is 15.9 Å². The topological polar surface area (TPSA) is 92.5 Å². The quantitative estimate of drug-likeness (QED) is 0.444. The van der Waals surface area contributed by atoms with Crippen molar-refractivity contribution in [2.24, 2.45) is 11.8 Å². The van der Waals surface area contributed by atoms with E-state index in [2.05, 4.69) is 0 Å². The number of hydrogen-bond acceptors (Lipinski definition) is 4. The molecule has 1 amide bonds. The van der Waals surface area contributed by atoms with Crippen molar-refractivity contribution in [3.63, 3.8) is 0 Å². The van der Waals surface area contributed by atoms with E-state index in [1.807, 2.05) is 12.3 Å². The Hall–Kier alpha value is -1.44. The second-order valence-corrected chi connectivity index (χ2v) is 6.28. The Morgan fingerprint density at radius 1 is 1.33 bits per heavy atom. The first-order valence-corrected chi connectivity index (χ1v) is 6.96. The molecule has 18 heavy (non-hydrogen) atoms. The van der Waals surface area contributed by atoms with Crippen LogP contribution in [-0.2, 0) is 14.8 Å². The van der Waals surface area contributed by atoms with Crippen molar-refractivity contribution in [3.8, 4) is 0 Å². The summed E-state index contributed by atoms with van der Waals surface area (Å²) in [6, 6.07) is 6.63. The number of amides is 1. The third-order valence-electron chi connectivity index (χ3n) is 3.02. The average Bonchev–Trinajstić information content (AvgIpc) is 2.27. The molecule has 1 aromatic carbocycles. The maximum atomic E-state index is 12.1. The molecule has 0 saturated carbocycles. The van der Waals surface area contributed by atoms with Crippen molar-refractivity contribution in [1.29, 1.82) is 0 Å². The van der Waals surface area contributed by atoms with Crippen LogP contribution in [0.1, 0.15) is 5.56 Å². The Balaban J connectivity index is 2.10. The molecule has 7 heteroatoms. The lowest BCUT2D eigenvalue weighted by atomic mass is 10.0. The highest BCUT2D eigenvalue weighted by molar-refractivity contribution is 7.89. The maximum Gasteiger partial charge on any atom is 0.243 e. The van der Waals surface area contributed by atoms with E-state index in [0.717, 1.165) is 5.56 Å². The molecular formula is C11H15N3O3S. The zero-order valence-electron chi connectivity index (χ0n) is 9.96. The van der Waals surface area contributed by atoms with Crippen LogP contribution in [0.2, 0.25) is 0 Å². The summed E-state index contributed by atoms with van der Waals surface area (Å²) in [7, 11) is -3.48. The van der Waals surface area contributed by atoms with Gasteiger partial charge in [0.1, 0.15) is 0 Å². The molecule has 0 atom stereocenters. The van der Waals surface area contributed by atoms with Gasteiger partial charge in [-0.3, -0.25) is 10.2 Å². The lowest BCUT2D eigenvalue weighted by Crippen LogP contribution is -2.56. The summed E-state index contributed by atoms with van der Waals surface area (Å²) in [5.74, 6) is 4.32. The molecule has 1 aliphatic heterocycles. The first-order chi connectivity index (χ1) is 8.45. The van der Waals surface area contributed by atoms with Crippen LogP contribution in [0.25, 0.3) is 0 Å². The first kappa shape index (κ1) is 13.0. The highest BCUT2D eigenvalue weighted by Gasteiger charge is 2.40. The van der Waals surface area contributed by atoms with Crippen LogP contribution < -0.4 is 11.3 Å². The van der Waals surface area contributed by atoms with E-state index in [4.69, 9.17) is 5.84 Å². The molecule has 0 spiro atoms. The van der Waals surface area contributed by atoms with Gasteiger partial charge in [0.15, 0.2) is 0 Å². The average molecular weight is 269 g/mol. The largest absolute Gasteiger partial charge is 0.294 e. The van der Waals surface area contributed by atoms with Crippen molar-refractivity contribution >= 4 is 15.9 Å². The van der Waals surface area contributed by atoms with Gasteiger partial charge in [-0.15, -0.1) is 0 Å². The molecule has 6 nitrogen and oxygen atoms in total. The molecule has 1 fully saturated rings. The van der Waals surface area contributed by atoms with Crippen molar-refractivity contribution in [2.75, 3.05) is 13.1 Å². The van der Waals surface area contributed by atoms with E-state index >= 15 is 0 Å².